The molecule has 0 bridgehead atoms. The highest BCUT2D eigenvalue weighted by Crippen LogP contribution is 2.34. The normalized spacial score (nSPS) is 34.6. The van der Waals surface area contributed by atoms with Crippen molar-refractivity contribution in [3.8, 4) is 0 Å². The van der Waals surface area contributed by atoms with E-state index in [-0.39, 0.29) is 18.1 Å². The third-order valence-corrected chi connectivity index (χ3v) is 4.26. The zero-order chi connectivity index (χ0) is 12.3. The van der Waals surface area contributed by atoms with Crippen molar-refractivity contribution in [3.63, 3.8) is 0 Å². The molecule has 0 saturated carbocycles. The first-order valence-electron chi connectivity index (χ1n) is 6.69. The quantitative estimate of drug-likeness (QED) is 0.718. The van der Waals surface area contributed by atoms with Gasteiger partial charge < -0.3 is 4.74 Å². The van der Waals surface area contributed by atoms with Crippen LogP contribution in [0, 0.1) is 17.8 Å². The molecule has 2 heteroatoms. The predicted molar refractivity (Wildman–Crippen MR) is 66.4 cm³/mol. The second-order valence-electron chi connectivity index (χ2n) is 5.28. The zero-order valence-corrected chi connectivity index (χ0v) is 11.3. The molecule has 0 aromatic carbocycles. The van der Waals surface area contributed by atoms with Crippen LogP contribution in [0.15, 0.2) is 0 Å². The van der Waals surface area contributed by atoms with Crippen molar-refractivity contribution in [1.82, 2.24) is 0 Å². The maximum atomic E-state index is 12.3. The van der Waals surface area contributed by atoms with Crippen molar-refractivity contribution in [2.75, 3.05) is 0 Å². The van der Waals surface area contributed by atoms with E-state index in [9.17, 15) is 4.79 Å². The monoisotopic (exact) mass is 226 g/mol. The molecule has 1 fully saturated rings. The van der Waals surface area contributed by atoms with Gasteiger partial charge in [-0.3, -0.25) is 4.79 Å². The van der Waals surface area contributed by atoms with E-state index < -0.39 is 0 Å². The van der Waals surface area contributed by atoms with Gasteiger partial charge in [-0.2, -0.15) is 0 Å². The molecule has 0 aromatic rings. The highest BCUT2D eigenvalue weighted by atomic mass is 16.5. The second-order valence-corrected chi connectivity index (χ2v) is 5.28. The van der Waals surface area contributed by atoms with Crippen LogP contribution < -0.4 is 0 Å². The lowest BCUT2D eigenvalue weighted by Crippen LogP contribution is -2.28. The number of Topliss-reactive ketones (excluding diaryl/α,β-unsaturated/α-hetero) is 1. The summed E-state index contributed by atoms with van der Waals surface area (Å²) in [4.78, 5) is 12.3. The zero-order valence-electron chi connectivity index (χ0n) is 11.3. The number of ether oxygens (including phenoxy) is 1. The van der Waals surface area contributed by atoms with E-state index in [0.29, 0.717) is 17.6 Å². The Morgan fingerprint density at radius 3 is 2.06 bits per heavy atom. The van der Waals surface area contributed by atoms with Gasteiger partial charge in [0.05, 0.1) is 12.2 Å². The number of rotatable bonds is 5. The molecule has 1 aliphatic heterocycles. The van der Waals surface area contributed by atoms with Gasteiger partial charge in [0.15, 0.2) is 0 Å². The van der Waals surface area contributed by atoms with E-state index >= 15 is 0 Å². The van der Waals surface area contributed by atoms with E-state index in [1.54, 1.807) is 0 Å². The fraction of sp³-hybridized carbons (Fsp3) is 0.929. The van der Waals surface area contributed by atoms with Crippen molar-refractivity contribution in [3.05, 3.63) is 0 Å². The fourth-order valence-electron chi connectivity index (χ4n) is 2.82. The second kappa shape index (κ2) is 5.81. The fourth-order valence-corrected chi connectivity index (χ4v) is 2.82. The largest absolute Gasteiger partial charge is 0.375 e. The molecular formula is C14H26O2. The molecule has 1 aliphatic rings. The molecule has 0 spiro atoms. The lowest BCUT2D eigenvalue weighted by atomic mass is 9.82. The van der Waals surface area contributed by atoms with E-state index in [1.165, 1.54) is 0 Å². The van der Waals surface area contributed by atoms with Gasteiger partial charge in [0, 0.05) is 12.3 Å². The first-order valence-corrected chi connectivity index (χ1v) is 6.69. The van der Waals surface area contributed by atoms with Crippen molar-refractivity contribution in [1.29, 1.82) is 0 Å². The molecule has 0 aromatic heterocycles. The lowest BCUT2D eigenvalue weighted by Gasteiger charge is -2.20. The minimum Gasteiger partial charge on any atom is -0.375 e. The van der Waals surface area contributed by atoms with Gasteiger partial charge in [0.2, 0.25) is 0 Å². The third kappa shape index (κ3) is 2.85. The summed E-state index contributed by atoms with van der Waals surface area (Å²) in [6.07, 6.45) is 3.28. The number of carbonyl (C=O) groups is 1. The molecule has 0 N–H and O–H groups in total. The van der Waals surface area contributed by atoms with Crippen LogP contribution in [0.5, 0.6) is 0 Å². The van der Waals surface area contributed by atoms with Crippen molar-refractivity contribution < 1.29 is 9.53 Å². The van der Waals surface area contributed by atoms with Crippen LogP contribution in [0.4, 0.5) is 0 Å². The van der Waals surface area contributed by atoms with Crippen LogP contribution in [0.25, 0.3) is 0 Å². The van der Waals surface area contributed by atoms with Gasteiger partial charge in [-0.05, 0) is 25.7 Å². The Balaban J connectivity index is 2.59. The van der Waals surface area contributed by atoms with Crippen LogP contribution >= 0.6 is 0 Å². The SMILES string of the molecule is CCC(CC)CC(=O)C1C(C)OC(C)C1C. The highest BCUT2D eigenvalue weighted by molar-refractivity contribution is 5.82. The van der Waals surface area contributed by atoms with E-state index in [2.05, 4.69) is 27.7 Å². The van der Waals surface area contributed by atoms with Gasteiger partial charge in [-0.25, -0.2) is 0 Å². The van der Waals surface area contributed by atoms with Gasteiger partial charge >= 0.3 is 0 Å². The maximum absolute atomic E-state index is 12.3. The first-order chi connectivity index (χ1) is 7.51. The highest BCUT2D eigenvalue weighted by Gasteiger charge is 2.41. The van der Waals surface area contributed by atoms with Crippen molar-refractivity contribution >= 4 is 5.78 Å². The summed E-state index contributed by atoms with van der Waals surface area (Å²) in [6, 6.07) is 0. The van der Waals surface area contributed by atoms with E-state index in [1.807, 2.05) is 6.92 Å². The Kier molecular flexibility index (Phi) is 4.97. The molecule has 1 rings (SSSR count). The van der Waals surface area contributed by atoms with Crippen LogP contribution in [-0.2, 0) is 9.53 Å². The maximum Gasteiger partial charge on any atom is 0.139 e. The summed E-state index contributed by atoms with van der Waals surface area (Å²) in [6.45, 7) is 10.6. The number of hydrogen-bond acceptors (Lipinski definition) is 2. The van der Waals surface area contributed by atoms with Crippen LogP contribution in [0.1, 0.15) is 53.9 Å². The van der Waals surface area contributed by atoms with Gasteiger partial charge in [-0.15, -0.1) is 0 Å². The summed E-state index contributed by atoms with van der Waals surface area (Å²) >= 11 is 0. The Morgan fingerprint density at radius 1 is 1.12 bits per heavy atom. The summed E-state index contributed by atoms with van der Waals surface area (Å²) in [5.41, 5.74) is 0. The molecule has 0 aliphatic carbocycles. The van der Waals surface area contributed by atoms with E-state index in [4.69, 9.17) is 4.74 Å². The molecule has 16 heavy (non-hydrogen) atoms. The molecule has 4 unspecified atom stereocenters. The molecule has 1 heterocycles. The van der Waals surface area contributed by atoms with Gasteiger partial charge in [-0.1, -0.05) is 33.6 Å². The number of hydrogen-bond donors (Lipinski definition) is 0. The van der Waals surface area contributed by atoms with Crippen LogP contribution in [0.2, 0.25) is 0 Å². The predicted octanol–water partition coefficient (Wildman–Crippen LogP) is 3.44. The van der Waals surface area contributed by atoms with Gasteiger partial charge in [0.25, 0.3) is 0 Å². The van der Waals surface area contributed by atoms with Crippen molar-refractivity contribution in [2.24, 2.45) is 17.8 Å². The smallest absolute Gasteiger partial charge is 0.139 e. The molecule has 4 atom stereocenters. The molecule has 0 amide bonds. The third-order valence-electron chi connectivity index (χ3n) is 4.26. The minimum absolute atomic E-state index is 0.104. The van der Waals surface area contributed by atoms with Gasteiger partial charge in [0.1, 0.15) is 5.78 Å². The molecule has 0 radical (unpaired) electrons. The first kappa shape index (κ1) is 13.7. The summed E-state index contributed by atoms with van der Waals surface area (Å²) in [5.74, 6) is 1.47. The summed E-state index contributed by atoms with van der Waals surface area (Å²) in [7, 11) is 0. The van der Waals surface area contributed by atoms with Crippen molar-refractivity contribution in [2.45, 2.75) is 66.1 Å². The Hall–Kier alpha value is -0.370. The average Bonchev–Trinajstić information content (AvgIpc) is 2.49. The average molecular weight is 226 g/mol. The Labute approximate surface area is 99.8 Å². The van der Waals surface area contributed by atoms with Crippen LogP contribution in [0.3, 0.4) is 0 Å². The lowest BCUT2D eigenvalue weighted by molar-refractivity contribution is -0.126. The van der Waals surface area contributed by atoms with E-state index in [0.717, 1.165) is 19.3 Å². The standard InChI is InChI=1S/C14H26O2/c1-6-12(7-2)8-13(15)14-9(3)10(4)16-11(14)5/h9-12,14H,6-8H2,1-5H3. The summed E-state index contributed by atoms with van der Waals surface area (Å²) in [5, 5.41) is 0. The number of carbonyl (C=O) groups excluding carboxylic acids is 1. The minimum atomic E-state index is 0.104. The molecule has 94 valence electrons. The Morgan fingerprint density at radius 2 is 1.69 bits per heavy atom. The molecule has 2 nitrogen and oxygen atoms in total. The molecule has 1 saturated heterocycles. The Bertz CT molecular complexity index is 233. The molecular weight excluding hydrogens is 200 g/mol. The van der Waals surface area contributed by atoms with Crippen LogP contribution in [-0.4, -0.2) is 18.0 Å². The summed E-state index contributed by atoms with van der Waals surface area (Å²) < 4.78 is 5.74. The topological polar surface area (TPSA) is 26.3 Å². The number of ketones is 1.